The molecule has 0 aromatic carbocycles. The van der Waals surface area contributed by atoms with Crippen molar-refractivity contribution in [3.8, 4) is 11.9 Å². The van der Waals surface area contributed by atoms with Crippen molar-refractivity contribution in [1.29, 1.82) is 5.26 Å². The van der Waals surface area contributed by atoms with Crippen LogP contribution < -0.4 is 10.5 Å². The zero-order valence-electron chi connectivity index (χ0n) is 6.97. The number of aromatic nitrogens is 1. The maximum atomic E-state index is 11.9. The number of pyridine rings is 1. The molecule has 0 amide bonds. The molecule has 0 atom stereocenters. The highest BCUT2D eigenvalue weighted by molar-refractivity contribution is 14.1. The second-order valence-corrected chi connectivity index (χ2v) is 3.40. The van der Waals surface area contributed by atoms with Crippen LogP contribution in [0.5, 0.6) is 5.88 Å². The van der Waals surface area contributed by atoms with Crippen molar-refractivity contribution in [2.24, 2.45) is 0 Å². The molecule has 1 aromatic rings. The van der Waals surface area contributed by atoms with Gasteiger partial charge in [0.1, 0.15) is 9.77 Å². The third-order valence-electron chi connectivity index (χ3n) is 1.30. The maximum Gasteiger partial charge on any atom is 0.574 e. The van der Waals surface area contributed by atoms with Crippen LogP contribution >= 0.6 is 22.6 Å². The summed E-state index contributed by atoms with van der Waals surface area (Å²) in [4.78, 5) is 3.43. The topological polar surface area (TPSA) is 71.9 Å². The van der Waals surface area contributed by atoms with Gasteiger partial charge in [-0.3, -0.25) is 0 Å². The molecule has 0 bridgehead atoms. The highest BCUT2D eigenvalue weighted by atomic mass is 127. The zero-order chi connectivity index (χ0) is 11.6. The average Bonchev–Trinajstić information content (AvgIpc) is 2.08. The van der Waals surface area contributed by atoms with E-state index in [-0.39, 0.29) is 15.0 Å². The Kier molecular flexibility index (Phi) is 3.23. The number of alkyl halides is 3. The van der Waals surface area contributed by atoms with E-state index in [4.69, 9.17) is 11.0 Å². The van der Waals surface area contributed by atoms with E-state index >= 15 is 0 Å². The molecule has 0 spiro atoms. The second kappa shape index (κ2) is 4.09. The first-order valence-electron chi connectivity index (χ1n) is 3.45. The van der Waals surface area contributed by atoms with Gasteiger partial charge >= 0.3 is 6.36 Å². The first kappa shape index (κ1) is 11.8. The molecule has 0 saturated carbocycles. The van der Waals surface area contributed by atoms with E-state index in [9.17, 15) is 13.2 Å². The van der Waals surface area contributed by atoms with E-state index in [1.54, 1.807) is 28.7 Å². The molecule has 15 heavy (non-hydrogen) atoms. The quantitative estimate of drug-likeness (QED) is 0.632. The van der Waals surface area contributed by atoms with E-state index in [2.05, 4.69) is 9.72 Å². The van der Waals surface area contributed by atoms with Crippen LogP contribution in [0.2, 0.25) is 0 Å². The number of nitrogens with zero attached hydrogens (tertiary/aromatic N) is 2. The Morgan fingerprint density at radius 1 is 1.53 bits per heavy atom. The van der Waals surface area contributed by atoms with Gasteiger partial charge < -0.3 is 10.5 Å². The van der Waals surface area contributed by atoms with Crippen LogP contribution in [0.15, 0.2) is 6.07 Å². The molecule has 80 valence electrons. The van der Waals surface area contributed by atoms with Crippen LogP contribution in [0.25, 0.3) is 0 Å². The van der Waals surface area contributed by atoms with Crippen LogP contribution in [-0.2, 0) is 0 Å². The molecular weight excluding hydrogens is 326 g/mol. The minimum atomic E-state index is -4.85. The van der Waals surface area contributed by atoms with Gasteiger partial charge in [-0.15, -0.1) is 13.2 Å². The van der Waals surface area contributed by atoms with E-state index in [1.807, 2.05) is 0 Å². The van der Waals surface area contributed by atoms with E-state index in [0.29, 0.717) is 0 Å². The number of nitriles is 1. The Labute approximate surface area is 96.0 Å². The molecule has 0 saturated heterocycles. The van der Waals surface area contributed by atoms with Gasteiger partial charge in [-0.2, -0.15) is 5.26 Å². The van der Waals surface area contributed by atoms with Gasteiger partial charge in [0.15, 0.2) is 0 Å². The molecule has 0 aliphatic rings. The predicted octanol–water partition coefficient (Wildman–Crippen LogP) is 2.04. The van der Waals surface area contributed by atoms with E-state index in [0.717, 1.165) is 6.07 Å². The molecular formula is C7H3F3IN3O. The van der Waals surface area contributed by atoms with Gasteiger partial charge in [0.05, 0.1) is 11.3 Å². The summed E-state index contributed by atoms with van der Waals surface area (Å²) >= 11 is 1.62. The van der Waals surface area contributed by atoms with Crippen LogP contribution in [0.4, 0.5) is 18.9 Å². The van der Waals surface area contributed by atoms with Crippen molar-refractivity contribution >= 4 is 28.3 Å². The third kappa shape index (κ3) is 3.12. The number of halogens is 4. The molecule has 1 aromatic heterocycles. The Morgan fingerprint density at radius 2 is 2.13 bits per heavy atom. The maximum absolute atomic E-state index is 11.9. The monoisotopic (exact) mass is 329 g/mol. The molecule has 0 aliphatic carbocycles. The van der Waals surface area contributed by atoms with Gasteiger partial charge in [-0.1, -0.05) is 0 Å². The van der Waals surface area contributed by atoms with Gasteiger partial charge in [-0.25, -0.2) is 4.98 Å². The largest absolute Gasteiger partial charge is 0.574 e. The normalized spacial score (nSPS) is 10.9. The molecule has 0 unspecified atom stereocenters. The molecule has 0 radical (unpaired) electrons. The molecule has 0 aliphatic heterocycles. The fraction of sp³-hybridized carbons (Fsp3) is 0.143. The highest BCUT2D eigenvalue weighted by Gasteiger charge is 2.33. The summed E-state index contributed by atoms with van der Waals surface area (Å²) in [6.45, 7) is 0. The Hall–Kier alpha value is -1.24. The van der Waals surface area contributed by atoms with Crippen LogP contribution in [-0.4, -0.2) is 11.3 Å². The van der Waals surface area contributed by atoms with Gasteiger partial charge in [-0.05, 0) is 28.7 Å². The summed E-state index contributed by atoms with van der Waals surface area (Å²) in [5, 5.41) is 8.55. The molecule has 1 rings (SSSR count). The molecule has 0 fully saturated rings. The number of nitrogen functional groups attached to an aromatic ring is 1. The Bertz CT molecular complexity index is 427. The number of ether oxygens (including phenoxy) is 1. The minimum absolute atomic E-state index is 0.0997. The van der Waals surface area contributed by atoms with Crippen molar-refractivity contribution < 1.29 is 17.9 Å². The van der Waals surface area contributed by atoms with Gasteiger partial charge in [0, 0.05) is 0 Å². The standard InChI is InChI=1S/C7H3F3IN3O/c8-7(9,10)15-6-4(13)1-3(2-12)5(11)14-6/h1H,13H2. The van der Waals surface area contributed by atoms with Crippen molar-refractivity contribution in [3.63, 3.8) is 0 Å². The van der Waals surface area contributed by atoms with Crippen LogP contribution in [0.1, 0.15) is 5.56 Å². The third-order valence-corrected chi connectivity index (χ3v) is 2.12. The number of rotatable bonds is 1. The molecule has 8 heteroatoms. The fourth-order valence-corrected chi connectivity index (χ4v) is 1.26. The summed E-state index contributed by atoms with van der Waals surface area (Å²) in [6, 6.07) is 2.82. The lowest BCUT2D eigenvalue weighted by Gasteiger charge is -2.10. The predicted molar refractivity (Wildman–Crippen MR) is 52.8 cm³/mol. The van der Waals surface area contributed by atoms with E-state index < -0.39 is 12.2 Å². The van der Waals surface area contributed by atoms with Crippen LogP contribution in [0, 0.1) is 15.0 Å². The molecule has 2 N–H and O–H groups in total. The second-order valence-electron chi connectivity index (χ2n) is 2.38. The van der Waals surface area contributed by atoms with Crippen molar-refractivity contribution in [2.75, 3.05) is 5.73 Å². The SMILES string of the molecule is N#Cc1cc(N)c(OC(F)(F)F)nc1I. The number of hydrogen-bond donors (Lipinski definition) is 1. The molecule has 4 nitrogen and oxygen atoms in total. The fourth-order valence-electron chi connectivity index (χ4n) is 0.760. The summed E-state index contributed by atoms with van der Waals surface area (Å²) in [7, 11) is 0. The minimum Gasteiger partial charge on any atom is -0.394 e. The first-order chi connectivity index (χ1) is 6.83. The Balaban J connectivity index is 3.13. The number of hydrogen-bond acceptors (Lipinski definition) is 4. The van der Waals surface area contributed by atoms with E-state index in [1.165, 1.54) is 0 Å². The summed E-state index contributed by atoms with van der Waals surface area (Å²) in [5.74, 6) is -0.745. The van der Waals surface area contributed by atoms with Gasteiger partial charge in [0.2, 0.25) is 5.88 Å². The van der Waals surface area contributed by atoms with Crippen LogP contribution in [0.3, 0.4) is 0 Å². The Morgan fingerprint density at radius 3 is 2.60 bits per heavy atom. The van der Waals surface area contributed by atoms with Gasteiger partial charge in [0.25, 0.3) is 0 Å². The summed E-state index contributed by atoms with van der Waals surface area (Å²) < 4.78 is 39.2. The van der Waals surface area contributed by atoms with Crippen molar-refractivity contribution in [2.45, 2.75) is 6.36 Å². The number of anilines is 1. The number of nitrogens with two attached hydrogens (primary N) is 1. The highest BCUT2D eigenvalue weighted by Crippen LogP contribution is 2.28. The lowest BCUT2D eigenvalue weighted by atomic mass is 10.3. The molecule has 1 heterocycles. The lowest BCUT2D eigenvalue weighted by Crippen LogP contribution is -2.19. The first-order valence-corrected chi connectivity index (χ1v) is 4.53. The lowest BCUT2D eigenvalue weighted by molar-refractivity contribution is -0.275. The summed E-state index contributed by atoms with van der Waals surface area (Å²) in [5.41, 5.74) is 5.00. The van der Waals surface area contributed by atoms with Crippen molar-refractivity contribution in [1.82, 2.24) is 4.98 Å². The van der Waals surface area contributed by atoms with Crippen molar-refractivity contribution in [3.05, 3.63) is 15.3 Å². The summed E-state index contributed by atoms with van der Waals surface area (Å²) in [6.07, 6.45) is -4.85. The average molecular weight is 329 g/mol. The zero-order valence-corrected chi connectivity index (χ0v) is 9.13. The smallest absolute Gasteiger partial charge is 0.394 e.